The van der Waals surface area contributed by atoms with Crippen molar-refractivity contribution in [2.45, 2.75) is 77.2 Å². The number of para-hydroxylation sites is 1. The minimum Gasteiger partial charge on any atom is -0.453 e. The molecule has 0 N–H and O–H groups in total. The molecule has 2 aromatic carbocycles. The van der Waals surface area contributed by atoms with Crippen molar-refractivity contribution in [3.05, 3.63) is 71.0 Å². The van der Waals surface area contributed by atoms with Crippen molar-refractivity contribution in [3.63, 3.8) is 0 Å². The highest BCUT2D eigenvalue weighted by Crippen LogP contribution is 2.50. The molecule has 1 saturated carbocycles. The van der Waals surface area contributed by atoms with E-state index in [4.69, 9.17) is 4.74 Å². The maximum atomic E-state index is 15.6. The van der Waals surface area contributed by atoms with Crippen LogP contribution in [0.25, 0.3) is 11.1 Å². The molecule has 0 saturated heterocycles. The summed E-state index contributed by atoms with van der Waals surface area (Å²) in [5, 5.41) is 0. The molecule has 0 aliphatic heterocycles. The summed E-state index contributed by atoms with van der Waals surface area (Å²) in [5.41, 5.74) is -3.96. The van der Waals surface area contributed by atoms with Crippen LogP contribution in [-0.2, 0) is 0 Å². The molecule has 0 bridgehead atoms. The van der Waals surface area contributed by atoms with Gasteiger partial charge in [0.1, 0.15) is 11.6 Å². The first-order valence-electron chi connectivity index (χ1n) is 13.3. The number of ether oxygens (including phenoxy) is 2. The van der Waals surface area contributed by atoms with Crippen LogP contribution < -0.4 is 9.47 Å². The predicted octanol–water partition coefficient (Wildman–Crippen LogP) is 10.1. The van der Waals surface area contributed by atoms with Crippen LogP contribution >= 0.6 is 0 Å². The fourth-order valence-corrected chi connectivity index (χ4v) is 5.47. The molecule has 2 aromatic rings. The number of hydrogen-bond donors (Lipinski definition) is 0. The van der Waals surface area contributed by atoms with Gasteiger partial charge in [0.15, 0.2) is 40.8 Å². The van der Waals surface area contributed by atoms with Gasteiger partial charge in [-0.25, -0.2) is 26.3 Å². The molecule has 4 rings (SSSR count). The summed E-state index contributed by atoms with van der Waals surface area (Å²) in [7, 11) is 0. The third kappa shape index (κ3) is 6.00. The number of allylic oxidation sites excluding steroid dienone is 3. The van der Waals surface area contributed by atoms with Crippen LogP contribution in [0.15, 0.2) is 59.4 Å². The van der Waals surface area contributed by atoms with Crippen molar-refractivity contribution in [1.29, 1.82) is 0 Å². The lowest BCUT2D eigenvalue weighted by Gasteiger charge is -2.36. The summed E-state index contributed by atoms with van der Waals surface area (Å²) in [4.78, 5) is 0. The monoisotopic (exact) mass is 574 g/mol. The number of unbranched alkanes of at least 4 members (excludes halogenated alkanes) is 1. The number of alkyl halides is 4. The van der Waals surface area contributed by atoms with Gasteiger partial charge < -0.3 is 9.47 Å². The van der Waals surface area contributed by atoms with Gasteiger partial charge in [-0.3, -0.25) is 0 Å². The van der Waals surface area contributed by atoms with Gasteiger partial charge in [-0.05, 0) is 68.2 Å². The lowest BCUT2D eigenvalue weighted by molar-refractivity contribution is -0.0546. The molecule has 2 aliphatic rings. The van der Waals surface area contributed by atoms with Gasteiger partial charge in [0.05, 0.1) is 0 Å². The van der Waals surface area contributed by atoms with Crippen molar-refractivity contribution in [1.82, 2.24) is 0 Å². The largest absolute Gasteiger partial charge is 0.453 e. The second kappa shape index (κ2) is 12.2. The summed E-state index contributed by atoms with van der Waals surface area (Å²) in [6, 6.07) is 6.93. The van der Waals surface area contributed by atoms with E-state index in [0.717, 1.165) is 19.3 Å². The van der Waals surface area contributed by atoms with Crippen LogP contribution in [0.5, 0.6) is 11.5 Å². The van der Waals surface area contributed by atoms with Gasteiger partial charge >= 0.3 is 6.61 Å². The molecule has 0 radical (unpaired) electrons. The van der Waals surface area contributed by atoms with E-state index in [0.29, 0.717) is 50.7 Å². The molecular weight excluding hydrogens is 544 g/mol. The first-order chi connectivity index (χ1) is 18.9. The third-order valence-electron chi connectivity index (χ3n) is 7.67. The Bertz CT molecular complexity index is 1260. The van der Waals surface area contributed by atoms with E-state index in [1.165, 1.54) is 24.3 Å². The van der Waals surface area contributed by atoms with E-state index in [1.807, 2.05) is 0 Å². The van der Waals surface area contributed by atoms with Crippen LogP contribution in [0.4, 0.5) is 35.1 Å². The van der Waals surface area contributed by atoms with Gasteiger partial charge in [0.25, 0.3) is 0 Å². The smallest absolute Gasteiger partial charge is 0.387 e. The van der Waals surface area contributed by atoms with Crippen molar-refractivity contribution < 1.29 is 44.6 Å². The van der Waals surface area contributed by atoms with Crippen LogP contribution in [0, 0.1) is 23.5 Å². The summed E-state index contributed by atoms with van der Waals surface area (Å²) >= 11 is 0. The maximum Gasteiger partial charge on any atom is 0.387 e. The molecular formula is C30H30F8O2. The maximum absolute atomic E-state index is 15.6. The van der Waals surface area contributed by atoms with Crippen molar-refractivity contribution >= 4 is 0 Å². The first-order valence-corrected chi connectivity index (χ1v) is 13.3. The molecule has 218 valence electrons. The predicted molar refractivity (Wildman–Crippen MR) is 135 cm³/mol. The Morgan fingerprint density at radius 3 is 2.20 bits per heavy atom. The topological polar surface area (TPSA) is 18.5 Å². The van der Waals surface area contributed by atoms with Crippen molar-refractivity contribution in [3.8, 4) is 22.6 Å². The Kier molecular flexibility index (Phi) is 9.15. The molecule has 0 heterocycles. The summed E-state index contributed by atoms with van der Waals surface area (Å²) in [5.74, 6) is -8.49. The Hall–Kier alpha value is -3.04. The van der Waals surface area contributed by atoms with Gasteiger partial charge in [-0.15, -0.1) is 0 Å². The van der Waals surface area contributed by atoms with E-state index in [-0.39, 0.29) is 22.4 Å². The number of benzene rings is 2. The van der Waals surface area contributed by atoms with E-state index >= 15 is 13.2 Å². The number of halogens is 8. The molecule has 2 nitrogen and oxygen atoms in total. The van der Waals surface area contributed by atoms with E-state index in [9.17, 15) is 22.0 Å². The molecule has 10 heteroatoms. The van der Waals surface area contributed by atoms with Gasteiger partial charge in [-0.1, -0.05) is 44.4 Å². The second-order valence-corrected chi connectivity index (χ2v) is 10.4. The Morgan fingerprint density at radius 1 is 0.975 bits per heavy atom. The minimum absolute atomic E-state index is 0.0323. The third-order valence-corrected chi connectivity index (χ3v) is 7.67. The Balaban J connectivity index is 1.72. The Morgan fingerprint density at radius 2 is 1.60 bits per heavy atom. The van der Waals surface area contributed by atoms with Crippen LogP contribution in [-0.4, -0.2) is 18.5 Å². The average Bonchev–Trinajstić information content (AvgIpc) is 2.92. The van der Waals surface area contributed by atoms with Gasteiger partial charge in [-0.2, -0.15) is 8.78 Å². The molecule has 1 fully saturated rings. The Labute approximate surface area is 227 Å². The van der Waals surface area contributed by atoms with Crippen molar-refractivity contribution in [2.24, 2.45) is 11.8 Å². The minimum atomic E-state index is -3.47. The molecule has 40 heavy (non-hydrogen) atoms. The second-order valence-electron chi connectivity index (χ2n) is 10.4. The summed E-state index contributed by atoms with van der Waals surface area (Å²) in [6.07, 6.45) is 2.47. The molecule has 0 spiro atoms. The zero-order valence-corrected chi connectivity index (χ0v) is 22.1. The summed E-state index contributed by atoms with van der Waals surface area (Å²) < 4.78 is 125. The molecule has 0 unspecified atom stereocenters. The SMILES string of the molecule is CCCCC1CCC(C2=C(F)[C@H](F)[C@](C)(F)C(F)=C2Oc2ccccc2-c2cc(F)c(OC(F)F)c(F)c2)CC1. The lowest BCUT2D eigenvalue weighted by Crippen LogP contribution is -2.39. The number of hydrogen-bond acceptors (Lipinski definition) is 2. The zero-order chi connectivity index (χ0) is 29.2. The molecule has 2 aliphatic carbocycles. The highest BCUT2D eigenvalue weighted by molar-refractivity contribution is 5.71. The molecule has 0 aromatic heterocycles. The van der Waals surface area contributed by atoms with Crippen molar-refractivity contribution in [2.75, 3.05) is 0 Å². The lowest BCUT2D eigenvalue weighted by atomic mass is 9.74. The van der Waals surface area contributed by atoms with E-state index < -0.39 is 59.2 Å². The van der Waals surface area contributed by atoms with Crippen LogP contribution in [0.3, 0.4) is 0 Å². The highest BCUT2D eigenvalue weighted by atomic mass is 19.3. The normalized spacial score (nSPS) is 25.5. The van der Waals surface area contributed by atoms with Crippen LogP contribution in [0.2, 0.25) is 0 Å². The zero-order valence-electron chi connectivity index (χ0n) is 22.1. The van der Waals surface area contributed by atoms with Crippen LogP contribution in [0.1, 0.15) is 58.8 Å². The van der Waals surface area contributed by atoms with Gasteiger partial charge in [0, 0.05) is 11.1 Å². The van der Waals surface area contributed by atoms with E-state index in [1.54, 1.807) is 0 Å². The first kappa shape index (κ1) is 29.9. The standard InChI is InChI=1S/C30H30F8O2/c1-3-4-7-16-10-12-17(13-11-16)23-24(33)27(34)30(2,38)28(35)26(23)39-22-9-6-5-8-19(22)18-14-20(31)25(21(32)15-18)40-29(36)37/h5-6,8-9,14-17,27,29H,3-4,7,10-13H2,1-2H3/t16?,17?,27-,30-/m0/s1. The molecule has 0 amide bonds. The quantitative estimate of drug-likeness (QED) is 0.278. The fraction of sp³-hybridized carbons (Fsp3) is 0.467. The number of rotatable bonds is 9. The highest BCUT2D eigenvalue weighted by Gasteiger charge is 2.52. The summed E-state index contributed by atoms with van der Waals surface area (Å²) in [6.45, 7) is -0.817. The van der Waals surface area contributed by atoms with E-state index in [2.05, 4.69) is 11.7 Å². The van der Waals surface area contributed by atoms with Gasteiger partial charge in [0.2, 0.25) is 0 Å². The molecule has 2 atom stereocenters. The fourth-order valence-electron chi connectivity index (χ4n) is 5.47. The average molecular weight is 575 g/mol.